The normalized spacial score (nSPS) is 12.4. The van der Waals surface area contributed by atoms with Crippen LogP contribution in [-0.2, 0) is 17.8 Å². The quantitative estimate of drug-likeness (QED) is 0.715. The zero-order valence-electron chi connectivity index (χ0n) is 15.9. The summed E-state index contributed by atoms with van der Waals surface area (Å²) in [5, 5.41) is 3.90. The summed E-state index contributed by atoms with van der Waals surface area (Å²) in [6.07, 6.45) is 0.648. The summed E-state index contributed by atoms with van der Waals surface area (Å²) in [6, 6.07) is 11.5. The van der Waals surface area contributed by atoms with E-state index in [0.717, 1.165) is 33.3 Å². The van der Waals surface area contributed by atoms with E-state index >= 15 is 0 Å². The molecule has 0 bridgehead atoms. The molecule has 3 aromatic rings. The van der Waals surface area contributed by atoms with Gasteiger partial charge in [-0.2, -0.15) is 0 Å². The molecule has 6 nitrogen and oxygen atoms in total. The van der Waals surface area contributed by atoms with E-state index in [2.05, 4.69) is 16.4 Å². The summed E-state index contributed by atoms with van der Waals surface area (Å²) in [7, 11) is 0. The molecule has 1 aromatic heterocycles. The van der Waals surface area contributed by atoms with Gasteiger partial charge in [-0.1, -0.05) is 12.1 Å². The number of aromatic amines is 1. The second kappa shape index (κ2) is 7.38. The highest BCUT2D eigenvalue weighted by Gasteiger charge is 2.14. The first kappa shape index (κ1) is 18.1. The number of carbonyl (C=O) groups is 1. The van der Waals surface area contributed by atoms with E-state index in [9.17, 15) is 9.59 Å². The highest BCUT2D eigenvalue weighted by atomic mass is 16.7. The van der Waals surface area contributed by atoms with Gasteiger partial charge in [0.2, 0.25) is 12.7 Å². The number of fused-ring (bicyclic) bond motifs is 2. The maximum absolute atomic E-state index is 12.3. The number of carbonyl (C=O) groups excluding carboxylic acids is 1. The van der Waals surface area contributed by atoms with Crippen molar-refractivity contribution in [1.29, 1.82) is 0 Å². The van der Waals surface area contributed by atoms with Crippen LogP contribution in [0.3, 0.4) is 0 Å². The number of nitrogens with one attached hydrogen (secondary N) is 2. The maximum Gasteiger partial charge on any atom is 0.251 e. The topological polar surface area (TPSA) is 80.4 Å². The fraction of sp³-hybridized carbons (Fsp3) is 0.273. The van der Waals surface area contributed by atoms with Gasteiger partial charge < -0.3 is 19.8 Å². The van der Waals surface area contributed by atoms with Crippen LogP contribution in [-0.4, -0.2) is 17.7 Å². The first-order valence-corrected chi connectivity index (χ1v) is 9.28. The van der Waals surface area contributed by atoms with Crippen LogP contribution in [0, 0.1) is 13.8 Å². The molecule has 0 radical (unpaired) electrons. The summed E-state index contributed by atoms with van der Waals surface area (Å²) in [4.78, 5) is 27.5. The Hall–Kier alpha value is -3.28. The minimum Gasteiger partial charge on any atom is -0.454 e. The van der Waals surface area contributed by atoms with Crippen molar-refractivity contribution < 1.29 is 14.3 Å². The average Bonchev–Trinajstić information content (AvgIpc) is 3.12. The third-order valence-corrected chi connectivity index (χ3v) is 4.94. The van der Waals surface area contributed by atoms with Crippen molar-refractivity contribution >= 4 is 16.8 Å². The molecule has 2 heterocycles. The highest BCUT2D eigenvalue weighted by molar-refractivity contribution is 5.83. The molecule has 0 aliphatic carbocycles. The molecule has 4 rings (SSSR count). The van der Waals surface area contributed by atoms with Crippen molar-refractivity contribution in [2.75, 3.05) is 6.79 Å². The van der Waals surface area contributed by atoms with Crippen LogP contribution in [0.15, 0.2) is 41.2 Å². The summed E-state index contributed by atoms with van der Waals surface area (Å²) >= 11 is 0. The standard InChI is InChI=1S/C22H22N2O4/c1-13-7-14(2)17-10-16(22(26)24-18(17)8-13)4-6-21(25)23-11-15-3-5-19-20(9-15)28-12-27-19/h3,5,7-10H,4,6,11-12H2,1-2H3,(H,23,25)(H,24,26). The van der Waals surface area contributed by atoms with Gasteiger partial charge in [-0.3, -0.25) is 9.59 Å². The van der Waals surface area contributed by atoms with Crippen molar-refractivity contribution in [2.45, 2.75) is 33.2 Å². The van der Waals surface area contributed by atoms with Crippen LogP contribution in [0.4, 0.5) is 0 Å². The smallest absolute Gasteiger partial charge is 0.251 e. The monoisotopic (exact) mass is 378 g/mol. The van der Waals surface area contributed by atoms with Gasteiger partial charge >= 0.3 is 0 Å². The molecule has 0 spiro atoms. The van der Waals surface area contributed by atoms with Crippen LogP contribution in [0.2, 0.25) is 0 Å². The second-order valence-electron chi connectivity index (χ2n) is 7.13. The lowest BCUT2D eigenvalue weighted by molar-refractivity contribution is -0.121. The van der Waals surface area contributed by atoms with E-state index in [0.29, 0.717) is 24.3 Å². The number of ether oxygens (including phenoxy) is 2. The summed E-state index contributed by atoms with van der Waals surface area (Å²) in [5.74, 6) is 1.31. The molecule has 0 unspecified atom stereocenters. The Labute approximate surface area is 162 Å². The minimum atomic E-state index is -0.138. The molecule has 0 saturated carbocycles. The van der Waals surface area contributed by atoms with Gasteiger partial charge in [0.15, 0.2) is 11.5 Å². The Morgan fingerprint density at radius 2 is 1.93 bits per heavy atom. The fourth-order valence-electron chi connectivity index (χ4n) is 3.49. The zero-order chi connectivity index (χ0) is 19.7. The third-order valence-electron chi connectivity index (χ3n) is 4.94. The van der Waals surface area contributed by atoms with Gasteiger partial charge in [-0.05, 0) is 61.2 Å². The largest absolute Gasteiger partial charge is 0.454 e. The van der Waals surface area contributed by atoms with Crippen molar-refractivity contribution in [1.82, 2.24) is 10.3 Å². The highest BCUT2D eigenvalue weighted by Crippen LogP contribution is 2.32. The maximum atomic E-state index is 12.3. The molecule has 6 heteroatoms. The number of pyridine rings is 1. The first-order valence-electron chi connectivity index (χ1n) is 9.28. The van der Waals surface area contributed by atoms with Crippen LogP contribution in [0.5, 0.6) is 11.5 Å². The van der Waals surface area contributed by atoms with E-state index in [4.69, 9.17) is 9.47 Å². The van der Waals surface area contributed by atoms with Crippen molar-refractivity contribution in [3.8, 4) is 11.5 Å². The molecule has 28 heavy (non-hydrogen) atoms. The van der Waals surface area contributed by atoms with Gasteiger partial charge in [0.05, 0.1) is 0 Å². The zero-order valence-corrected chi connectivity index (χ0v) is 15.9. The molecule has 1 aliphatic heterocycles. The molecule has 2 N–H and O–H groups in total. The van der Waals surface area contributed by atoms with Crippen LogP contribution in [0.25, 0.3) is 10.9 Å². The lowest BCUT2D eigenvalue weighted by atomic mass is 10.0. The molecule has 144 valence electrons. The lowest BCUT2D eigenvalue weighted by Crippen LogP contribution is -2.24. The Balaban J connectivity index is 1.39. The van der Waals surface area contributed by atoms with E-state index in [1.165, 1.54) is 0 Å². The number of aromatic nitrogens is 1. The van der Waals surface area contributed by atoms with Gasteiger partial charge in [0, 0.05) is 29.4 Å². The Morgan fingerprint density at radius 3 is 2.79 bits per heavy atom. The number of aryl methyl sites for hydroxylation is 3. The Morgan fingerprint density at radius 1 is 1.11 bits per heavy atom. The number of H-pyrrole nitrogens is 1. The number of benzene rings is 2. The van der Waals surface area contributed by atoms with E-state index in [1.54, 1.807) is 0 Å². The predicted octanol–water partition coefficient (Wildman–Crippen LogP) is 3.12. The molecular formula is C22H22N2O4. The fourth-order valence-corrected chi connectivity index (χ4v) is 3.49. The Kier molecular flexibility index (Phi) is 4.77. The van der Waals surface area contributed by atoms with Gasteiger partial charge in [-0.25, -0.2) is 0 Å². The number of rotatable bonds is 5. The van der Waals surface area contributed by atoms with Crippen LogP contribution >= 0.6 is 0 Å². The van der Waals surface area contributed by atoms with Crippen molar-refractivity contribution in [3.05, 3.63) is 69.0 Å². The molecule has 0 atom stereocenters. The van der Waals surface area contributed by atoms with E-state index in [-0.39, 0.29) is 24.7 Å². The molecule has 0 saturated heterocycles. The molecule has 0 fully saturated rings. The minimum absolute atomic E-state index is 0.0993. The van der Waals surface area contributed by atoms with Crippen LogP contribution in [0.1, 0.15) is 28.7 Å². The molecule has 1 aliphatic rings. The average molecular weight is 378 g/mol. The molecular weight excluding hydrogens is 356 g/mol. The number of hydrogen-bond acceptors (Lipinski definition) is 4. The van der Waals surface area contributed by atoms with E-state index < -0.39 is 0 Å². The lowest BCUT2D eigenvalue weighted by Gasteiger charge is -2.08. The van der Waals surface area contributed by atoms with Crippen molar-refractivity contribution in [2.24, 2.45) is 0 Å². The molecule has 2 aromatic carbocycles. The number of hydrogen-bond donors (Lipinski definition) is 2. The van der Waals surface area contributed by atoms with Gasteiger partial charge in [0.25, 0.3) is 5.56 Å². The summed E-state index contributed by atoms with van der Waals surface area (Å²) in [5.41, 5.74) is 4.47. The summed E-state index contributed by atoms with van der Waals surface area (Å²) < 4.78 is 10.6. The van der Waals surface area contributed by atoms with Gasteiger partial charge in [-0.15, -0.1) is 0 Å². The van der Waals surface area contributed by atoms with Crippen molar-refractivity contribution in [3.63, 3.8) is 0 Å². The van der Waals surface area contributed by atoms with Crippen LogP contribution < -0.4 is 20.3 Å². The predicted molar refractivity (Wildman–Crippen MR) is 107 cm³/mol. The SMILES string of the molecule is Cc1cc(C)c2cc(CCC(=O)NCc3ccc4c(c3)OCO4)c(=O)[nH]c2c1. The first-order chi connectivity index (χ1) is 13.5. The Bertz CT molecular complexity index is 1120. The number of amides is 1. The third kappa shape index (κ3) is 3.71. The van der Waals surface area contributed by atoms with E-state index in [1.807, 2.05) is 44.2 Å². The summed E-state index contributed by atoms with van der Waals surface area (Å²) in [6.45, 7) is 4.66. The second-order valence-corrected chi connectivity index (χ2v) is 7.13. The van der Waals surface area contributed by atoms with Gasteiger partial charge in [0.1, 0.15) is 0 Å². The molecule has 1 amide bonds.